The molecule has 0 saturated heterocycles. The Morgan fingerprint density at radius 3 is 2.72 bits per heavy atom. The lowest BCUT2D eigenvalue weighted by atomic mass is 10.3. The van der Waals surface area contributed by atoms with Crippen molar-refractivity contribution in [2.24, 2.45) is 0 Å². The molecule has 2 aromatic rings. The van der Waals surface area contributed by atoms with Gasteiger partial charge in [-0.2, -0.15) is 0 Å². The molecular weight excluding hydrogens is 248 g/mol. The zero-order valence-corrected chi connectivity index (χ0v) is 10.4. The lowest BCUT2D eigenvalue weighted by molar-refractivity contribution is 0.171. The highest BCUT2D eigenvalue weighted by atomic mass is 32.2. The van der Waals surface area contributed by atoms with Gasteiger partial charge in [0.2, 0.25) is 0 Å². The first-order valence-electron chi connectivity index (χ1n) is 5.60. The number of nitrogens with two attached hydrogens (primary N) is 1. The fourth-order valence-corrected chi connectivity index (χ4v) is 2.54. The van der Waals surface area contributed by atoms with Crippen LogP contribution in [0.25, 0.3) is 0 Å². The third-order valence-electron chi connectivity index (χ3n) is 2.49. The van der Waals surface area contributed by atoms with Gasteiger partial charge in [0.15, 0.2) is 11.5 Å². The highest BCUT2D eigenvalue weighted by Gasteiger charge is 2.12. The van der Waals surface area contributed by atoms with E-state index in [1.807, 2.05) is 24.3 Å². The Hall–Kier alpha value is -1.88. The van der Waals surface area contributed by atoms with E-state index in [1.165, 1.54) is 0 Å². The van der Waals surface area contributed by atoms with Gasteiger partial charge < -0.3 is 15.2 Å². The monoisotopic (exact) mass is 260 g/mol. The van der Waals surface area contributed by atoms with Crippen LogP contribution in [-0.4, -0.2) is 18.2 Å². The first-order valence-corrected chi connectivity index (χ1v) is 6.42. The van der Waals surface area contributed by atoms with Crippen LogP contribution in [0.15, 0.2) is 46.5 Å². The van der Waals surface area contributed by atoms with Gasteiger partial charge in [0, 0.05) is 16.8 Å². The number of nitrogens with zero attached hydrogens (tertiary/aromatic N) is 1. The molecule has 2 N–H and O–H groups in total. The molecule has 1 aliphatic heterocycles. The van der Waals surface area contributed by atoms with E-state index >= 15 is 0 Å². The van der Waals surface area contributed by atoms with Crippen LogP contribution >= 0.6 is 11.8 Å². The first-order chi connectivity index (χ1) is 8.81. The highest BCUT2D eigenvalue weighted by Crippen LogP contribution is 2.36. The number of ether oxygens (including phenoxy) is 2. The van der Waals surface area contributed by atoms with Crippen LogP contribution in [0.5, 0.6) is 11.5 Å². The zero-order valence-electron chi connectivity index (χ0n) is 9.63. The van der Waals surface area contributed by atoms with Gasteiger partial charge in [0.25, 0.3) is 0 Å². The number of hydrogen-bond acceptors (Lipinski definition) is 5. The summed E-state index contributed by atoms with van der Waals surface area (Å²) in [5.41, 5.74) is 6.44. The second-order valence-electron chi connectivity index (χ2n) is 3.83. The van der Waals surface area contributed by atoms with E-state index in [0.717, 1.165) is 21.4 Å². The third kappa shape index (κ3) is 2.36. The van der Waals surface area contributed by atoms with Crippen molar-refractivity contribution in [3.05, 3.63) is 36.5 Å². The van der Waals surface area contributed by atoms with Crippen LogP contribution in [0.3, 0.4) is 0 Å². The van der Waals surface area contributed by atoms with Gasteiger partial charge in [0.1, 0.15) is 18.2 Å². The maximum atomic E-state index is 5.73. The Balaban J connectivity index is 1.85. The van der Waals surface area contributed by atoms with Crippen LogP contribution in [-0.2, 0) is 0 Å². The summed E-state index contributed by atoms with van der Waals surface area (Å²) in [6.45, 7) is 1.20. The van der Waals surface area contributed by atoms with Gasteiger partial charge in [-0.1, -0.05) is 11.8 Å². The van der Waals surface area contributed by atoms with E-state index in [2.05, 4.69) is 4.98 Å². The Bertz CT molecular complexity index is 575. The molecular formula is C13H12N2O2S. The fourth-order valence-electron chi connectivity index (χ4n) is 1.69. The van der Waals surface area contributed by atoms with E-state index in [9.17, 15) is 0 Å². The number of aromatic nitrogens is 1. The SMILES string of the molecule is Nc1ccnc(Sc2ccc3c(c2)OCCO3)c1. The second-order valence-corrected chi connectivity index (χ2v) is 4.93. The van der Waals surface area contributed by atoms with Gasteiger partial charge in [0.05, 0.1) is 0 Å². The van der Waals surface area contributed by atoms with E-state index in [-0.39, 0.29) is 0 Å². The molecule has 0 amide bonds. The molecule has 0 radical (unpaired) electrons. The van der Waals surface area contributed by atoms with Crippen LogP contribution in [0, 0.1) is 0 Å². The van der Waals surface area contributed by atoms with E-state index < -0.39 is 0 Å². The van der Waals surface area contributed by atoms with E-state index in [0.29, 0.717) is 18.9 Å². The molecule has 4 nitrogen and oxygen atoms in total. The average molecular weight is 260 g/mol. The van der Waals surface area contributed by atoms with Gasteiger partial charge in [-0.15, -0.1) is 0 Å². The Kier molecular flexibility index (Phi) is 2.98. The number of anilines is 1. The number of fused-ring (bicyclic) bond motifs is 1. The second kappa shape index (κ2) is 4.78. The normalized spacial score (nSPS) is 13.3. The van der Waals surface area contributed by atoms with Crippen LogP contribution in [0.4, 0.5) is 5.69 Å². The van der Waals surface area contributed by atoms with Crippen molar-refractivity contribution in [1.29, 1.82) is 0 Å². The van der Waals surface area contributed by atoms with Crippen molar-refractivity contribution in [1.82, 2.24) is 4.98 Å². The topological polar surface area (TPSA) is 57.4 Å². The maximum absolute atomic E-state index is 5.73. The summed E-state index contributed by atoms with van der Waals surface area (Å²) in [5, 5.41) is 0.867. The lowest BCUT2D eigenvalue weighted by Crippen LogP contribution is -2.15. The van der Waals surface area contributed by atoms with E-state index in [4.69, 9.17) is 15.2 Å². The van der Waals surface area contributed by atoms with Gasteiger partial charge >= 0.3 is 0 Å². The van der Waals surface area contributed by atoms with Crippen LogP contribution in [0.1, 0.15) is 0 Å². The minimum Gasteiger partial charge on any atom is -0.486 e. The molecule has 0 spiro atoms. The molecule has 0 saturated carbocycles. The van der Waals surface area contributed by atoms with Gasteiger partial charge in [-0.05, 0) is 30.3 Å². The Morgan fingerprint density at radius 1 is 1.06 bits per heavy atom. The fraction of sp³-hybridized carbons (Fsp3) is 0.154. The predicted octanol–water partition coefficient (Wildman–Crippen LogP) is 2.59. The molecule has 0 unspecified atom stereocenters. The van der Waals surface area contributed by atoms with Gasteiger partial charge in [-0.25, -0.2) is 4.98 Å². The predicted molar refractivity (Wildman–Crippen MR) is 70.2 cm³/mol. The molecule has 0 fully saturated rings. The molecule has 1 aliphatic rings. The van der Waals surface area contributed by atoms with Crippen molar-refractivity contribution in [3.63, 3.8) is 0 Å². The quantitative estimate of drug-likeness (QED) is 0.899. The summed E-state index contributed by atoms with van der Waals surface area (Å²) < 4.78 is 11.0. The minimum atomic E-state index is 0.595. The molecule has 5 heteroatoms. The minimum absolute atomic E-state index is 0.595. The molecule has 1 aromatic heterocycles. The summed E-state index contributed by atoms with van der Waals surface area (Å²) in [4.78, 5) is 5.31. The summed E-state index contributed by atoms with van der Waals surface area (Å²) >= 11 is 1.55. The largest absolute Gasteiger partial charge is 0.486 e. The number of rotatable bonds is 2. The summed E-state index contributed by atoms with van der Waals surface area (Å²) in [6, 6.07) is 9.49. The Morgan fingerprint density at radius 2 is 1.89 bits per heavy atom. The van der Waals surface area contributed by atoms with Crippen molar-refractivity contribution in [2.45, 2.75) is 9.92 Å². The highest BCUT2D eigenvalue weighted by molar-refractivity contribution is 7.99. The number of pyridine rings is 1. The first kappa shape index (κ1) is 11.2. The van der Waals surface area contributed by atoms with Gasteiger partial charge in [-0.3, -0.25) is 0 Å². The van der Waals surface area contributed by atoms with Crippen LogP contribution in [0.2, 0.25) is 0 Å². The molecule has 3 rings (SSSR count). The maximum Gasteiger partial charge on any atom is 0.162 e. The third-order valence-corrected chi connectivity index (χ3v) is 3.42. The summed E-state index contributed by atoms with van der Waals surface area (Å²) in [5.74, 6) is 1.58. The molecule has 1 aromatic carbocycles. The molecule has 0 bridgehead atoms. The molecule has 18 heavy (non-hydrogen) atoms. The molecule has 0 atom stereocenters. The number of nitrogen functional groups attached to an aromatic ring is 1. The molecule has 92 valence electrons. The van der Waals surface area contributed by atoms with Crippen LogP contribution < -0.4 is 15.2 Å². The number of benzene rings is 1. The standard InChI is InChI=1S/C13H12N2O2S/c14-9-3-4-15-13(7-9)18-10-1-2-11-12(8-10)17-6-5-16-11/h1-4,7-8H,5-6H2,(H2,14,15). The average Bonchev–Trinajstić information content (AvgIpc) is 2.39. The lowest BCUT2D eigenvalue weighted by Gasteiger charge is -2.18. The van der Waals surface area contributed by atoms with Crippen molar-refractivity contribution < 1.29 is 9.47 Å². The molecule has 2 heterocycles. The Labute approximate surface area is 109 Å². The van der Waals surface area contributed by atoms with E-state index in [1.54, 1.807) is 24.0 Å². The smallest absolute Gasteiger partial charge is 0.162 e. The molecule has 0 aliphatic carbocycles. The summed E-state index contributed by atoms with van der Waals surface area (Å²) in [6.07, 6.45) is 1.70. The zero-order chi connectivity index (χ0) is 12.4. The van der Waals surface area contributed by atoms with Crippen molar-refractivity contribution >= 4 is 17.4 Å². The van der Waals surface area contributed by atoms with Crippen molar-refractivity contribution in [3.8, 4) is 11.5 Å². The number of hydrogen-bond donors (Lipinski definition) is 1. The summed E-state index contributed by atoms with van der Waals surface area (Å²) in [7, 11) is 0. The van der Waals surface area contributed by atoms with Crippen molar-refractivity contribution in [2.75, 3.05) is 18.9 Å².